The van der Waals surface area contributed by atoms with Crippen molar-refractivity contribution in [2.45, 2.75) is 6.18 Å². The van der Waals surface area contributed by atoms with Crippen molar-refractivity contribution in [3.63, 3.8) is 0 Å². The van der Waals surface area contributed by atoms with E-state index in [1.807, 2.05) is 0 Å². The molecular weight excluding hydrogens is 429 g/mol. The summed E-state index contributed by atoms with van der Waals surface area (Å²) < 4.78 is 68.0. The highest BCUT2D eigenvalue weighted by molar-refractivity contribution is 7.89. The quantitative estimate of drug-likeness (QED) is 0.561. The number of benzene rings is 2. The average molecular weight is 439 g/mol. The number of sulfonamides is 1. The van der Waals surface area contributed by atoms with Gasteiger partial charge in [0.15, 0.2) is 5.75 Å². The summed E-state index contributed by atoms with van der Waals surface area (Å²) >= 11 is 5.75. The number of carbonyl (C=O) groups excluding carboxylic acids is 1. The molecular formula is C15H10ClF3N2O6S. The van der Waals surface area contributed by atoms with Crippen LogP contribution in [0.3, 0.4) is 0 Å². The second kappa shape index (κ2) is 7.64. The third-order valence-corrected chi connectivity index (χ3v) is 4.01. The van der Waals surface area contributed by atoms with Crippen LogP contribution >= 0.6 is 11.6 Å². The first-order valence-corrected chi connectivity index (χ1v) is 9.40. The SMILES string of the molecule is CS(=O)(=O)NC(=O)c1cccc(Oc2cc([N+](=O)[O-])c(C(F)(F)F)cc2Cl)c1. The van der Waals surface area contributed by atoms with Gasteiger partial charge in [0.05, 0.1) is 22.3 Å². The highest BCUT2D eigenvalue weighted by Gasteiger charge is 2.39. The molecule has 8 nitrogen and oxygen atoms in total. The van der Waals surface area contributed by atoms with Gasteiger partial charge in [-0.25, -0.2) is 13.1 Å². The monoisotopic (exact) mass is 438 g/mol. The molecule has 150 valence electrons. The Labute approximate surface area is 161 Å². The van der Waals surface area contributed by atoms with Crippen LogP contribution in [0, 0.1) is 10.1 Å². The number of hydrogen-bond acceptors (Lipinski definition) is 6. The van der Waals surface area contributed by atoms with Crippen LogP contribution in [0.25, 0.3) is 0 Å². The molecule has 0 heterocycles. The van der Waals surface area contributed by atoms with Crippen molar-refractivity contribution < 1.29 is 36.0 Å². The van der Waals surface area contributed by atoms with Crippen molar-refractivity contribution in [1.82, 2.24) is 4.72 Å². The predicted molar refractivity (Wildman–Crippen MR) is 91.9 cm³/mol. The summed E-state index contributed by atoms with van der Waals surface area (Å²) in [6, 6.07) is 5.80. The number of alkyl halides is 3. The van der Waals surface area contributed by atoms with Crippen molar-refractivity contribution in [1.29, 1.82) is 0 Å². The Morgan fingerprint density at radius 3 is 2.43 bits per heavy atom. The minimum Gasteiger partial charge on any atom is -0.456 e. The van der Waals surface area contributed by atoms with Gasteiger partial charge in [0, 0.05) is 5.56 Å². The lowest BCUT2D eigenvalue weighted by molar-refractivity contribution is -0.388. The van der Waals surface area contributed by atoms with Gasteiger partial charge in [-0.15, -0.1) is 0 Å². The summed E-state index contributed by atoms with van der Waals surface area (Å²) in [6.07, 6.45) is -4.24. The fourth-order valence-electron chi connectivity index (χ4n) is 2.05. The lowest BCUT2D eigenvalue weighted by Gasteiger charge is -2.12. The summed E-state index contributed by atoms with van der Waals surface area (Å²) in [5.41, 5.74) is -2.95. The van der Waals surface area contributed by atoms with E-state index in [4.69, 9.17) is 16.3 Å². The molecule has 0 aliphatic heterocycles. The number of halogens is 4. The van der Waals surface area contributed by atoms with Crippen molar-refractivity contribution in [2.75, 3.05) is 6.26 Å². The van der Waals surface area contributed by atoms with E-state index in [0.717, 1.165) is 12.3 Å². The molecule has 0 aliphatic rings. The van der Waals surface area contributed by atoms with Crippen LogP contribution in [0.15, 0.2) is 36.4 Å². The summed E-state index contributed by atoms with van der Waals surface area (Å²) in [5.74, 6) is -1.54. The lowest BCUT2D eigenvalue weighted by Crippen LogP contribution is -2.29. The van der Waals surface area contributed by atoms with E-state index in [-0.39, 0.29) is 11.3 Å². The third kappa shape index (κ3) is 5.33. The van der Waals surface area contributed by atoms with E-state index >= 15 is 0 Å². The molecule has 1 amide bonds. The molecule has 0 saturated heterocycles. The molecule has 1 N–H and O–H groups in total. The maximum atomic E-state index is 12.9. The van der Waals surface area contributed by atoms with Crippen LogP contribution in [0.1, 0.15) is 15.9 Å². The number of carbonyl (C=O) groups is 1. The van der Waals surface area contributed by atoms with Gasteiger partial charge in [-0.1, -0.05) is 17.7 Å². The molecule has 0 atom stereocenters. The van der Waals surface area contributed by atoms with Gasteiger partial charge in [-0.2, -0.15) is 13.2 Å². The molecule has 13 heteroatoms. The molecule has 0 fully saturated rings. The number of nitro groups is 1. The highest BCUT2D eigenvalue weighted by Crippen LogP contribution is 2.42. The second-order valence-corrected chi connectivity index (χ2v) is 7.54. The minimum atomic E-state index is -5.01. The van der Waals surface area contributed by atoms with E-state index in [2.05, 4.69) is 0 Å². The maximum Gasteiger partial charge on any atom is 0.423 e. The van der Waals surface area contributed by atoms with Gasteiger partial charge in [-0.05, 0) is 24.3 Å². The van der Waals surface area contributed by atoms with E-state index in [9.17, 15) is 36.5 Å². The maximum absolute atomic E-state index is 12.9. The number of amides is 1. The molecule has 0 spiro atoms. The molecule has 0 radical (unpaired) electrons. The Morgan fingerprint density at radius 1 is 1.25 bits per heavy atom. The van der Waals surface area contributed by atoms with Gasteiger partial charge >= 0.3 is 6.18 Å². The number of nitrogens with zero attached hydrogens (tertiary/aromatic N) is 1. The summed E-state index contributed by atoms with van der Waals surface area (Å²) in [7, 11) is -3.83. The van der Waals surface area contributed by atoms with Crippen molar-refractivity contribution in [3.05, 3.63) is 62.7 Å². The average Bonchev–Trinajstić information content (AvgIpc) is 2.54. The summed E-state index contributed by atoms with van der Waals surface area (Å²) in [5, 5.41) is 10.4. The van der Waals surface area contributed by atoms with E-state index in [1.54, 1.807) is 4.72 Å². The van der Waals surface area contributed by atoms with E-state index < -0.39 is 49.1 Å². The van der Waals surface area contributed by atoms with Crippen molar-refractivity contribution >= 4 is 33.2 Å². The Balaban J connectivity index is 2.41. The molecule has 0 bridgehead atoms. The van der Waals surface area contributed by atoms with Gasteiger partial charge in [0.2, 0.25) is 10.0 Å². The standard InChI is InChI=1S/C15H10ClF3N2O6S/c1-28(25,26)20-14(22)8-3-2-4-9(5-8)27-13-7-12(21(23)24)10(6-11(13)16)15(17,18)19/h2-7H,1H3,(H,20,22). The van der Waals surface area contributed by atoms with Gasteiger partial charge < -0.3 is 4.74 Å². The fourth-order valence-corrected chi connectivity index (χ4v) is 2.71. The zero-order valence-electron chi connectivity index (χ0n) is 13.8. The molecule has 0 aromatic heterocycles. The third-order valence-electron chi connectivity index (χ3n) is 3.15. The van der Waals surface area contributed by atoms with Crippen LogP contribution in [-0.4, -0.2) is 25.5 Å². The topological polar surface area (TPSA) is 116 Å². The summed E-state index contributed by atoms with van der Waals surface area (Å²) in [6.45, 7) is 0. The molecule has 0 aliphatic carbocycles. The number of rotatable bonds is 5. The zero-order chi connectivity index (χ0) is 21.3. The van der Waals surface area contributed by atoms with Gasteiger partial charge in [0.1, 0.15) is 11.3 Å². The Morgan fingerprint density at radius 2 is 1.89 bits per heavy atom. The smallest absolute Gasteiger partial charge is 0.423 e. The Hall–Kier alpha value is -2.86. The van der Waals surface area contributed by atoms with Gasteiger partial charge in [0.25, 0.3) is 11.6 Å². The van der Waals surface area contributed by atoms with Crippen molar-refractivity contribution in [2.24, 2.45) is 0 Å². The number of nitrogens with one attached hydrogen (secondary N) is 1. The number of hydrogen-bond donors (Lipinski definition) is 1. The lowest BCUT2D eigenvalue weighted by atomic mass is 10.1. The Bertz CT molecular complexity index is 1060. The minimum absolute atomic E-state index is 0.114. The molecule has 0 unspecified atom stereocenters. The first-order valence-electron chi connectivity index (χ1n) is 7.13. The fraction of sp³-hybridized carbons (Fsp3) is 0.133. The molecule has 2 rings (SSSR count). The first kappa shape index (κ1) is 21.4. The van der Waals surface area contributed by atoms with Gasteiger partial charge in [-0.3, -0.25) is 14.9 Å². The van der Waals surface area contributed by atoms with Crippen molar-refractivity contribution in [3.8, 4) is 11.5 Å². The predicted octanol–water partition coefficient (Wildman–Crippen LogP) is 3.75. The summed E-state index contributed by atoms with van der Waals surface area (Å²) in [4.78, 5) is 21.6. The Kier molecular flexibility index (Phi) is 5.85. The van der Waals surface area contributed by atoms with Crippen LogP contribution in [0.5, 0.6) is 11.5 Å². The largest absolute Gasteiger partial charge is 0.456 e. The highest BCUT2D eigenvalue weighted by atomic mass is 35.5. The number of nitro benzene ring substituents is 1. The molecule has 2 aromatic carbocycles. The molecule has 0 saturated carbocycles. The van der Waals surface area contributed by atoms with Crippen LogP contribution in [0.2, 0.25) is 5.02 Å². The van der Waals surface area contributed by atoms with E-state index in [0.29, 0.717) is 12.1 Å². The number of ether oxygens (including phenoxy) is 1. The van der Waals surface area contributed by atoms with Crippen LogP contribution < -0.4 is 9.46 Å². The normalized spacial score (nSPS) is 11.8. The first-order chi connectivity index (χ1) is 12.8. The van der Waals surface area contributed by atoms with Crippen LogP contribution in [-0.2, 0) is 16.2 Å². The second-order valence-electron chi connectivity index (χ2n) is 5.39. The van der Waals surface area contributed by atoms with Crippen LogP contribution in [0.4, 0.5) is 18.9 Å². The zero-order valence-corrected chi connectivity index (χ0v) is 15.4. The molecule has 28 heavy (non-hydrogen) atoms. The van der Waals surface area contributed by atoms with E-state index in [1.165, 1.54) is 18.2 Å². The molecule has 2 aromatic rings.